The van der Waals surface area contributed by atoms with Gasteiger partial charge in [-0.15, -0.1) is 11.3 Å². The van der Waals surface area contributed by atoms with Crippen LogP contribution in [0, 0.1) is 12.3 Å². The summed E-state index contributed by atoms with van der Waals surface area (Å²) in [6.45, 7) is 15.6. The van der Waals surface area contributed by atoms with Crippen molar-refractivity contribution in [2.45, 2.75) is 103 Å². The molecular formula is C53H67F3N10O7S. The number of likely N-dealkylation sites (tertiary alicyclic amines) is 2. The second kappa shape index (κ2) is 22.9. The SMILES string of the molecule is COc1cc2c(cc1NC(=O)c1cccc(C(F)(F)F)n1)CN(CCN1CCN(CC(=O)N3CCC(N[C@H](C(=O)N4C[C@H](O)C[C@H]4CC(=O)N[C@@H](C)c4ccc(-c5scnc5C)cc4)C(C)(C)C)CC3)CC1)C2=O. The van der Waals surface area contributed by atoms with E-state index in [1.807, 2.05) is 69.3 Å². The fourth-order valence-electron chi connectivity index (χ4n) is 10.3. The highest BCUT2D eigenvalue weighted by atomic mass is 32.1. The van der Waals surface area contributed by atoms with Crippen LogP contribution in [-0.2, 0) is 27.1 Å². The Kier molecular flexibility index (Phi) is 16.8. The predicted molar refractivity (Wildman–Crippen MR) is 273 cm³/mol. The van der Waals surface area contributed by atoms with E-state index in [9.17, 15) is 42.3 Å². The second-order valence-electron chi connectivity index (χ2n) is 21.0. The molecule has 398 valence electrons. The number of β-amino-alcohol motifs (C(OH)–C–C–N with tert-alkyl or cyclic N) is 1. The number of hydrogen-bond donors (Lipinski definition) is 4. The minimum atomic E-state index is -4.71. The Labute approximate surface area is 433 Å². The Hall–Kier alpha value is -6.00. The Morgan fingerprint density at radius 3 is 2.30 bits per heavy atom. The third-order valence-electron chi connectivity index (χ3n) is 14.6. The van der Waals surface area contributed by atoms with Gasteiger partial charge in [-0.2, -0.15) is 13.2 Å². The number of piperidine rings is 1. The van der Waals surface area contributed by atoms with Crippen LogP contribution in [0.4, 0.5) is 18.9 Å². The molecule has 4 aromatic rings. The molecule has 4 aliphatic rings. The van der Waals surface area contributed by atoms with E-state index in [4.69, 9.17) is 4.74 Å². The summed E-state index contributed by atoms with van der Waals surface area (Å²) in [5, 5.41) is 20.1. The number of rotatable bonds is 16. The quantitative estimate of drug-likeness (QED) is 0.109. The van der Waals surface area contributed by atoms with Crippen LogP contribution in [0.5, 0.6) is 5.75 Å². The number of pyridine rings is 1. The van der Waals surface area contributed by atoms with Crippen LogP contribution < -0.4 is 20.7 Å². The Morgan fingerprint density at radius 1 is 0.946 bits per heavy atom. The second-order valence-corrected chi connectivity index (χ2v) is 21.8. The molecule has 4 N–H and O–H groups in total. The van der Waals surface area contributed by atoms with Crippen LogP contribution in [0.25, 0.3) is 10.4 Å². The van der Waals surface area contributed by atoms with Crippen molar-refractivity contribution in [3.63, 3.8) is 0 Å². The number of piperazine rings is 1. The van der Waals surface area contributed by atoms with Crippen LogP contribution in [0.15, 0.2) is 60.1 Å². The number of methoxy groups -OCH3 is 1. The van der Waals surface area contributed by atoms with E-state index in [0.717, 1.165) is 33.8 Å². The highest BCUT2D eigenvalue weighted by molar-refractivity contribution is 7.13. The number of alkyl halides is 3. The average molecular weight is 1050 g/mol. The minimum absolute atomic E-state index is 0.00638. The number of ether oxygens (including phenoxy) is 1. The van der Waals surface area contributed by atoms with E-state index in [1.165, 1.54) is 19.2 Å². The zero-order valence-corrected chi connectivity index (χ0v) is 43.7. The van der Waals surface area contributed by atoms with E-state index < -0.39 is 47.1 Å². The molecule has 0 aliphatic carbocycles. The van der Waals surface area contributed by atoms with Crippen molar-refractivity contribution in [1.82, 2.24) is 45.1 Å². The van der Waals surface area contributed by atoms with Gasteiger partial charge in [0.1, 0.15) is 17.1 Å². The highest BCUT2D eigenvalue weighted by Crippen LogP contribution is 2.35. The maximum atomic E-state index is 14.4. The zero-order valence-electron chi connectivity index (χ0n) is 42.8. The van der Waals surface area contributed by atoms with E-state index >= 15 is 0 Å². The molecule has 3 fully saturated rings. The topological polar surface area (TPSA) is 193 Å². The van der Waals surface area contributed by atoms with Gasteiger partial charge in [0.2, 0.25) is 17.7 Å². The number of amides is 5. The predicted octanol–water partition coefficient (Wildman–Crippen LogP) is 5.59. The van der Waals surface area contributed by atoms with Crippen molar-refractivity contribution >= 4 is 46.6 Å². The minimum Gasteiger partial charge on any atom is -0.495 e. The first-order valence-electron chi connectivity index (χ1n) is 25.3. The largest absolute Gasteiger partial charge is 0.495 e. The third-order valence-corrected chi connectivity index (χ3v) is 15.6. The number of nitrogens with one attached hydrogen (secondary N) is 3. The highest BCUT2D eigenvalue weighted by Gasteiger charge is 2.43. The number of hydrogen-bond acceptors (Lipinski definition) is 13. The lowest BCUT2D eigenvalue weighted by Crippen LogP contribution is -2.59. The first kappa shape index (κ1) is 54.3. The van der Waals surface area contributed by atoms with Crippen molar-refractivity contribution < 1.29 is 47.0 Å². The smallest absolute Gasteiger partial charge is 0.433 e. The molecule has 74 heavy (non-hydrogen) atoms. The molecule has 17 nitrogen and oxygen atoms in total. The van der Waals surface area contributed by atoms with Crippen molar-refractivity contribution in [2.75, 3.05) is 77.9 Å². The zero-order chi connectivity index (χ0) is 53.1. The number of aromatic nitrogens is 2. The average Bonchev–Trinajstić information content (AvgIpc) is 4.06. The molecule has 0 spiro atoms. The molecule has 5 amide bonds. The van der Waals surface area contributed by atoms with Crippen molar-refractivity contribution in [1.29, 1.82) is 0 Å². The molecule has 21 heteroatoms. The van der Waals surface area contributed by atoms with E-state index in [2.05, 4.69) is 35.7 Å². The van der Waals surface area contributed by atoms with Gasteiger partial charge in [0.05, 0.1) is 53.6 Å². The molecule has 6 heterocycles. The molecule has 0 radical (unpaired) electrons. The van der Waals surface area contributed by atoms with Gasteiger partial charge in [-0.25, -0.2) is 9.97 Å². The first-order chi connectivity index (χ1) is 35.1. The molecule has 0 bridgehead atoms. The third kappa shape index (κ3) is 12.9. The monoisotopic (exact) mass is 1040 g/mol. The van der Waals surface area contributed by atoms with Crippen LogP contribution in [-0.4, -0.2) is 166 Å². The summed E-state index contributed by atoms with van der Waals surface area (Å²) < 4.78 is 45.1. The number of thiazole rings is 1. The molecule has 0 saturated carbocycles. The molecule has 0 unspecified atom stereocenters. The number of aliphatic hydroxyl groups excluding tert-OH is 1. The lowest BCUT2D eigenvalue weighted by Gasteiger charge is -2.41. The summed E-state index contributed by atoms with van der Waals surface area (Å²) >= 11 is 1.59. The number of anilines is 1. The normalized spacial score (nSPS) is 19.9. The fourth-order valence-corrected chi connectivity index (χ4v) is 11.1. The lowest BCUT2D eigenvalue weighted by atomic mass is 9.84. The van der Waals surface area contributed by atoms with Crippen LogP contribution in [0.1, 0.15) is 103 Å². The van der Waals surface area contributed by atoms with Crippen LogP contribution in [0.3, 0.4) is 0 Å². The standard InChI is InChI=1S/C53H67F3N10O7S/c1-32(34-10-12-35(13-11-34)47-33(2)57-31-74-47)58-45(68)26-38-25-39(67)29-66(38)51(72)48(52(3,4)5)59-37-14-16-64(17-15-37)46(69)30-63-20-18-62(19-21-63)22-23-65-28-36-24-42(43(73-6)27-40(36)50(65)71)61-49(70)41-8-7-9-44(60-41)53(54,55)56/h7-13,24,27,31-32,37-39,48,59,67H,14-23,25-26,28-30H2,1-6H3,(H,58,68)(H,61,70)/t32-,38-,39+,48+/m0/s1. The number of fused-ring (bicyclic) bond motifs is 1. The van der Waals surface area contributed by atoms with Gasteiger partial charge in [-0.1, -0.05) is 51.1 Å². The summed E-state index contributed by atoms with van der Waals surface area (Å²) in [5.74, 6) is -1.12. The van der Waals surface area contributed by atoms with Gasteiger partial charge in [0, 0.05) is 89.5 Å². The van der Waals surface area contributed by atoms with Crippen molar-refractivity contribution in [3.8, 4) is 16.2 Å². The van der Waals surface area contributed by atoms with Gasteiger partial charge in [-0.05, 0) is 79.5 Å². The number of carbonyl (C=O) groups excluding carboxylic acids is 5. The van der Waals surface area contributed by atoms with E-state index in [1.54, 1.807) is 27.2 Å². The molecule has 8 rings (SSSR count). The Morgan fingerprint density at radius 2 is 1.65 bits per heavy atom. The number of benzene rings is 2. The molecular weight excluding hydrogens is 978 g/mol. The molecule has 3 saturated heterocycles. The number of aryl methyl sites for hydroxylation is 1. The lowest BCUT2D eigenvalue weighted by molar-refractivity contribution is -0.141. The Bertz CT molecular complexity index is 2680. The number of aliphatic hydroxyl groups is 1. The van der Waals surface area contributed by atoms with E-state index in [-0.39, 0.29) is 66.7 Å². The maximum absolute atomic E-state index is 14.4. The van der Waals surface area contributed by atoms with E-state index in [0.29, 0.717) is 89.3 Å². The molecule has 2 aromatic carbocycles. The fraction of sp³-hybridized carbons (Fsp3) is 0.528. The first-order valence-corrected chi connectivity index (χ1v) is 26.2. The molecule has 4 aliphatic heterocycles. The van der Waals surface area contributed by atoms with Gasteiger partial charge in [-0.3, -0.25) is 33.8 Å². The molecule has 4 atom stereocenters. The van der Waals surface area contributed by atoms with Crippen LogP contribution in [0.2, 0.25) is 0 Å². The van der Waals surface area contributed by atoms with Gasteiger partial charge in [0.15, 0.2) is 0 Å². The van der Waals surface area contributed by atoms with Crippen molar-refractivity contribution in [2.24, 2.45) is 5.41 Å². The summed E-state index contributed by atoms with van der Waals surface area (Å²) in [7, 11) is 1.37. The Balaban J connectivity index is 0.760. The van der Waals surface area contributed by atoms with Crippen LogP contribution >= 0.6 is 11.3 Å². The maximum Gasteiger partial charge on any atom is 0.433 e. The van der Waals surface area contributed by atoms with Gasteiger partial charge < -0.3 is 40.5 Å². The summed E-state index contributed by atoms with van der Waals surface area (Å²) in [4.78, 5) is 86.4. The summed E-state index contributed by atoms with van der Waals surface area (Å²) in [6.07, 6.45) is -3.69. The van der Waals surface area contributed by atoms with Crippen molar-refractivity contribution in [3.05, 3.63) is 93.9 Å². The summed E-state index contributed by atoms with van der Waals surface area (Å²) in [5.41, 5.74) is 4.05. The summed E-state index contributed by atoms with van der Waals surface area (Å²) in [6, 6.07) is 13.0. The molecule has 2 aromatic heterocycles. The number of nitrogens with zero attached hydrogens (tertiary/aromatic N) is 7. The number of halogens is 3. The van der Waals surface area contributed by atoms with Gasteiger partial charge >= 0.3 is 6.18 Å². The number of carbonyl (C=O) groups is 5. The van der Waals surface area contributed by atoms with Gasteiger partial charge in [0.25, 0.3) is 11.8 Å².